The molecule has 146 valence electrons. The topological polar surface area (TPSA) is 51.7 Å². The number of carbonyl (C=O) groups excluding carboxylic acids is 1. The summed E-state index contributed by atoms with van der Waals surface area (Å²) in [7, 11) is 1.67. The van der Waals surface area contributed by atoms with Gasteiger partial charge in [-0.3, -0.25) is 9.69 Å². The molecule has 1 aromatic carbocycles. The van der Waals surface area contributed by atoms with Crippen molar-refractivity contribution in [1.82, 2.24) is 9.88 Å². The number of thiazole rings is 1. The summed E-state index contributed by atoms with van der Waals surface area (Å²) in [6, 6.07) is 8.00. The first-order valence-corrected chi connectivity index (χ1v) is 10.3. The van der Waals surface area contributed by atoms with Gasteiger partial charge in [0.25, 0.3) is 0 Å². The van der Waals surface area contributed by atoms with Gasteiger partial charge in [-0.05, 0) is 57.4 Å². The average Bonchev–Trinajstić information content (AvgIpc) is 3.07. The molecule has 3 rings (SSSR count). The van der Waals surface area contributed by atoms with Crippen LogP contribution in [0.25, 0.3) is 0 Å². The highest BCUT2D eigenvalue weighted by atomic mass is 32.1. The standard InChI is InChI=1S/C21H28N2O3S/c1-4-26-20(24)21(12-17-7-5-8-18(11-17)25-3)9-6-10-23(15-21)14-19-13-22-16(2)27-19/h5,7-8,11,13H,4,6,9-10,12,14-15H2,1-3H3. The molecule has 2 aromatic rings. The first-order chi connectivity index (χ1) is 13.0. The van der Waals surface area contributed by atoms with E-state index in [0.717, 1.165) is 42.3 Å². The maximum Gasteiger partial charge on any atom is 0.313 e. The molecule has 1 unspecified atom stereocenters. The van der Waals surface area contributed by atoms with E-state index >= 15 is 0 Å². The van der Waals surface area contributed by atoms with Gasteiger partial charge in [0, 0.05) is 24.2 Å². The fourth-order valence-corrected chi connectivity index (χ4v) is 4.74. The van der Waals surface area contributed by atoms with Gasteiger partial charge >= 0.3 is 5.97 Å². The van der Waals surface area contributed by atoms with E-state index in [1.807, 2.05) is 38.2 Å². The summed E-state index contributed by atoms with van der Waals surface area (Å²) in [5.74, 6) is 0.734. The number of nitrogens with zero attached hydrogens (tertiary/aromatic N) is 2. The van der Waals surface area contributed by atoms with Gasteiger partial charge in [-0.2, -0.15) is 0 Å². The number of likely N-dealkylation sites (tertiary alicyclic amines) is 1. The molecular weight excluding hydrogens is 360 g/mol. The van der Waals surface area contributed by atoms with Crippen molar-refractivity contribution in [2.45, 2.75) is 39.7 Å². The largest absolute Gasteiger partial charge is 0.497 e. The Labute approximate surface area is 165 Å². The van der Waals surface area contributed by atoms with Crippen molar-refractivity contribution in [2.24, 2.45) is 5.41 Å². The van der Waals surface area contributed by atoms with Gasteiger partial charge in [0.05, 0.1) is 24.1 Å². The van der Waals surface area contributed by atoms with E-state index in [4.69, 9.17) is 9.47 Å². The Bertz CT molecular complexity index is 776. The number of rotatable bonds is 7. The molecule has 1 aliphatic rings. The van der Waals surface area contributed by atoms with E-state index in [9.17, 15) is 4.79 Å². The second kappa shape index (κ2) is 8.85. The molecule has 1 atom stereocenters. The predicted octanol–water partition coefficient (Wildman–Crippen LogP) is 3.85. The van der Waals surface area contributed by atoms with Crippen molar-refractivity contribution in [3.8, 4) is 5.75 Å². The summed E-state index contributed by atoms with van der Waals surface area (Å²) < 4.78 is 10.9. The van der Waals surface area contributed by atoms with E-state index in [1.165, 1.54) is 4.88 Å². The van der Waals surface area contributed by atoms with E-state index in [0.29, 0.717) is 19.6 Å². The van der Waals surface area contributed by atoms with Crippen LogP contribution in [0.2, 0.25) is 0 Å². The van der Waals surface area contributed by atoms with Crippen LogP contribution in [0.3, 0.4) is 0 Å². The highest BCUT2D eigenvalue weighted by molar-refractivity contribution is 7.11. The molecule has 5 nitrogen and oxygen atoms in total. The van der Waals surface area contributed by atoms with Gasteiger partial charge in [-0.25, -0.2) is 4.98 Å². The van der Waals surface area contributed by atoms with Crippen LogP contribution in [0, 0.1) is 12.3 Å². The fraction of sp³-hybridized carbons (Fsp3) is 0.524. The zero-order valence-corrected chi connectivity index (χ0v) is 17.2. The Morgan fingerprint density at radius 2 is 2.26 bits per heavy atom. The summed E-state index contributed by atoms with van der Waals surface area (Å²) in [5, 5.41) is 1.08. The minimum Gasteiger partial charge on any atom is -0.497 e. The van der Waals surface area contributed by atoms with Crippen LogP contribution in [0.1, 0.15) is 35.2 Å². The Kier molecular flexibility index (Phi) is 6.50. The fourth-order valence-electron chi connectivity index (χ4n) is 3.90. The normalized spacial score (nSPS) is 20.4. The molecule has 0 amide bonds. The molecule has 2 heterocycles. The number of aryl methyl sites for hydroxylation is 1. The molecule has 0 spiro atoms. The van der Waals surface area contributed by atoms with Gasteiger partial charge in [-0.1, -0.05) is 12.1 Å². The van der Waals surface area contributed by atoms with Crippen LogP contribution in [-0.4, -0.2) is 42.7 Å². The third kappa shape index (κ3) is 4.87. The predicted molar refractivity (Wildman–Crippen MR) is 107 cm³/mol. The van der Waals surface area contributed by atoms with Crippen molar-refractivity contribution in [3.63, 3.8) is 0 Å². The summed E-state index contributed by atoms with van der Waals surface area (Å²) >= 11 is 1.72. The lowest BCUT2D eigenvalue weighted by Crippen LogP contribution is -2.49. The van der Waals surface area contributed by atoms with Gasteiger partial charge in [-0.15, -0.1) is 11.3 Å². The third-order valence-corrected chi connectivity index (χ3v) is 5.99. The minimum absolute atomic E-state index is 0.0852. The lowest BCUT2D eigenvalue weighted by molar-refractivity contribution is -0.159. The molecule has 1 fully saturated rings. The summed E-state index contributed by atoms with van der Waals surface area (Å²) in [6.07, 6.45) is 4.45. The molecular formula is C21H28N2O3S. The second-order valence-electron chi connectivity index (χ2n) is 7.19. The van der Waals surface area contributed by atoms with E-state index < -0.39 is 5.41 Å². The number of ether oxygens (including phenoxy) is 2. The second-order valence-corrected chi connectivity index (χ2v) is 8.51. The van der Waals surface area contributed by atoms with Crippen LogP contribution in [0.15, 0.2) is 30.5 Å². The summed E-state index contributed by atoms with van der Waals surface area (Å²) in [4.78, 5) is 21.0. The molecule has 6 heteroatoms. The van der Waals surface area contributed by atoms with Crippen LogP contribution in [0.5, 0.6) is 5.75 Å². The van der Waals surface area contributed by atoms with Crippen molar-refractivity contribution in [2.75, 3.05) is 26.8 Å². The number of hydrogen-bond acceptors (Lipinski definition) is 6. The number of methoxy groups -OCH3 is 1. The maximum atomic E-state index is 13.0. The average molecular weight is 389 g/mol. The number of esters is 1. The van der Waals surface area contributed by atoms with E-state index in [1.54, 1.807) is 18.4 Å². The smallest absolute Gasteiger partial charge is 0.313 e. The Morgan fingerprint density at radius 1 is 1.41 bits per heavy atom. The van der Waals surface area contributed by atoms with E-state index in [-0.39, 0.29) is 5.97 Å². The van der Waals surface area contributed by atoms with Gasteiger partial charge in [0.2, 0.25) is 0 Å². The zero-order chi connectivity index (χ0) is 19.3. The lowest BCUT2D eigenvalue weighted by atomic mass is 9.75. The maximum absolute atomic E-state index is 13.0. The van der Waals surface area contributed by atoms with Crippen molar-refractivity contribution >= 4 is 17.3 Å². The highest BCUT2D eigenvalue weighted by Gasteiger charge is 2.43. The summed E-state index contributed by atoms with van der Waals surface area (Å²) in [6.45, 7) is 6.85. The highest BCUT2D eigenvalue weighted by Crippen LogP contribution is 2.36. The third-order valence-electron chi connectivity index (χ3n) is 5.09. The zero-order valence-electron chi connectivity index (χ0n) is 16.4. The van der Waals surface area contributed by atoms with Crippen LogP contribution in [0.4, 0.5) is 0 Å². The minimum atomic E-state index is -0.514. The number of hydrogen-bond donors (Lipinski definition) is 0. The molecule has 0 N–H and O–H groups in total. The molecule has 0 aliphatic carbocycles. The lowest BCUT2D eigenvalue weighted by Gasteiger charge is -2.41. The Hall–Kier alpha value is -1.92. The molecule has 0 bridgehead atoms. The molecule has 0 radical (unpaired) electrons. The SMILES string of the molecule is CCOC(=O)C1(Cc2cccc(OC)c2)CCCN(Cc2cnc(C)s2)C1. The van der Waals surface area contributed by atoms with Crippen molar-refractivity contribution in [1.29, 1.82) is 0 Å². The molecule has 1 saturated heterocycles. The van der Waals surface area contributed by atoms with Gasteiger partial charge < -0.3 is 9.47 Å². The number of aromatic nitrogens is 1. The Balaban J connectivity index is 1.81. The molecule has 27 heavy (non-hydrogen) atoms. The van der Waals surface area contributed by atoms with E-state index in [2.05, 4.69) is 16.0 Å². The van der Waals surface area contributed by atoms with Crippen molar-refractivity contribution in [3.05, 3.63) is 45.9 Å². The van der Waals surface area contributed by atoms with Crippen LogP contribution in [-0.2, 0) is 22.5 Å². The molecule has 1 aliphatic heterocycles. The Morgan fingerprint density at radius 3 is 2.96 bits per heavy atom. The van der Waals surface area contributed by atoms with Crippen molar-refractivity contribution < 1.29 is 14.3 Å². The number of benzene rings is 1. The number of carbonyl (C=O) groups is 1. The van der Waals surface area contributed by atoms with Crippen LogP contribution < -0.4 is 4.74 Å². The first-order valence-electron chi connectivity index (χ1n) is 9.48. The number of piperidine rings is 1. The molecule has 1 aromatic heterocycles. The van der Waals surface area contributed by atoms with Crippen LogP contribution >= 0.6 is 11.3 Å². The summed E-state index contributed by atoms with van der Waals surface area (Å²) in [5.41, 5.74) is 0.596. The van der Waals surface area contributed by atoms with Gasteiger partial charge in [0.15, 0.2) is 0 Å². The molecule has 0 saturated carbocycles. The monoisotopic (exact) mass is 388 g/mol. The first kappa shape index (κ1) is 19.8. The van der Waals surface area contributed by atoms with Gasteiger partial charge in [0.1, 0.15) is 5.75 Å². The quantitative estimate of drug-likeness (QED) is 0.675.